The van der Waals surface area contributed by atoms with E-state index in [1.165, 1.54) is 13.3 Å². The minimum Gasteiger partial charge on any atom is -0.458 e. The minimum atomic E-state index is -1.24. The van der Waals surface area contributed by atoms with Gasteiger partial charge in [-0.3, -0.25) is 14.4 Å². The number of aliphatic hydroxyl groups is 2. The normalized spacial score (nSPS) is 44.7. The van der Waals surface area contributed by atoms with Crippen molar-refractivity contribution in [3.63, 3.8) is 0 Å². The van der Waals surface area contributed by atoms with E-state index in [1.807, 2.05) is 6.08 Å². The van der Waals surface area contributed by atoms with Gasteiger partial charge in [0.2, 0.25) is 5.78 Å². The predicted octanol–water partition coefficient (Wildman–Crippen LogP) is 3.68. The summed E-state index contributed by atoms with van der Waals surface area (Å²) in [4.78, 5) is 37.8. The van der Waals surface area contributed by atoms with Gasteiger partial charge >= 0.3 is 5.97 Å². The van der Waals surface area contributed by atoms with Crippen LogP contribution in [0.5, 0.6) is 0 Å². The minimum absolute atomic E-state index is 0.0158. The van der Waals surface area contributed by atoms with Crippen LogP contribution in [0.4, 0.5) is 0 Å². The lowest BCUT2D eigenvalue weighted by Crippen LogP contribution is -2.63. The van der Waals surface area contributed by atoms with Crippen LogP contribution in [0.15, 0.2) is 23.8 Å². The molecule has 0 aromatic carbocycles. The van der Waals surface area contributed by atoms with Crippen molar-refractivity contribution in [1.29, 1.82) is 0 Å². The van der Waals surface area contributed by atoms with Crippen LogP contribution in [0.2, 0.25) is 0 Å². The molecule has 8 heteroatoms. The summed E-state index contributed by atoms with van der Waals surface area (Å²) in [6.45, 7) is 5.22. The Bertz CT molecular complexity index is 1060. The van der Waals surface area contributed by atoms with Crippen molar-refractivity contribution in [2.45, 2.75) is 103 Å². The summed E-state index contributed by atoms with van der Waals surface area (Å²) in [7, 11) is 1.00. The van der Waals surface area contributed by atoms with E-state index in [9.17, 15) is 19.5 Å². The first kappa shape index (κ1) is 28.7. The van der Waals surface area contributed by atoms with Crippen molar-refractivity contribution in [3.8, 4) is 0 Å². The predicted molar refractivity (Wildman–Crippen MR) is 142 cm³/mol. The number of hydrogen-bond donors (Lipinski definition) is 2. The standard InChI is InChI=1S/C30H40O7.CH4O/c1-17(31)35-16-24(34)30-25(36-27(37-30)18-7-5-4-6-8-18)14-22-21-10-9-19-13-20(32)11-12-28(19,2)26(21)23(33)15-29(22,30)3;1-2/h11-13,18,21-23,25-27,33H,4-10,14-16H2,1-3H3;2H,1H3/t21?,22?,23-,25+,26?,27?,28-,29-,30?;/m0./s1. The summed E-state index contributed by atoms with van der Waals surface area (Å²) in [6, 6.07) is 0. The average molecular weight is 545 g/mol. The number of ketones is 2. The highest BCUT2D eigenvalue weighted by atomic mass is 16.7. The monoisotopic (exact) mass is 544 g/mol. The molecule has 0 spiro atoms. The maximum atomic E-state index is 14.0. The molecular weight excluding hydrogens is 500 g/mol. The van der Waals surface area contributed by atoms with E-state index >= 15 is 0 Å². The van der Waals surface area contributed by atoms with Gasteiger partial charge in [0.05, 0.1) is 12.2 Å². The van der Waals surface area contributed by atoms with Crippen LogP contribution >= 0.6 is 0 Å². The molecule has 1 saturated heterocycles. The van der Waals surface area contributed by atoms with Gasteiger partial charge in [0.15, 0.2) is 24.3 Å². The summed E-state index contributed by atoms with van der Waals surface area (Å²) in [5, 5.41) is 18.8. The van der Waals surface area contributed by atoms with Crippen LogP contribution in [-0.4, -0.2) is 65.6 Å². The van der Waals surface area contributed by atoms with Crippen molar-refractivity contribution >= 4 is 17.5 Å². The van der Waals surface area contributed by atoms with Crippen molar-refractivity contribution in [2.24, 2.45) is 34.5 Å². The second kappa shape index (κ2) is 10.5. The number of carbonyl (C=O) groups excluding carboxylic acids is 3. The fourth-order valence-electron chi connectivity index (χ4n) is 9.49. The molecule has 0 radical (unpaired) electrons. The number of Topliss-reactive ketones (excluding diaryl/α,β-unsaturated/α-hetero) is 1. The van der Waals surface area contributed by atoms with Gasteiger partial charge in [-0.15, -0.1) is 0 Å². The van der Waals surface area contributed by atoms with Crippen molar-refractivity contribution in [2.75, 3.05) is 13.7 Å². The molecule has 0 aromatic heterocycles. The molecule has 5 unspecified atom stereocenters. The Morgan fingerprint density at radius 1 is 1.13 bits per heavy atom. The molecule has 4 saturated carbocycles. The zero-order valence-corrected chi connectivity index (χ0v) is 23.7. The van der Waals surface area contributed by atoms with Gasteiger partial charge in [0.25, 0.3) is 0 Å². The van der Waals surface area contributed by atoms with Crippen LogP contribution in [0, 0.1) is 34.5 Å². The zero-order valence-electron chi connectivity index (χ0n) is 23.7. The first-order valence-electron chi connectivity index (χ1n) is 14.7. The highest BCUT2D eigenvalue weighted by Crippen LogP contribution is 2.70. The van der Waals surface area contributed by atoms with E-state index in [-0.39, 0.29) is 47.3 Å². The van der Waals surface area contributed by atoms with Gasteiger partial charge in [0.1, 0.15) is 0 Å². The Kier molecular flexibility index (Phi) is 7.72. The molecule has 1 aliphatic heterocycles. The van der Waals surface area contributed by atoms with Crippen molar-refractivity contribution in [3.05, 3.63) is 23.8 Å². The summed E-state index contributed by atoms with van der Waals surface area (Å²) >= 11 is 0. The number of rotatable bonds is 4. The van der Waals surface area contributed by atoms with Crippen molar-refractivity contribution < 1.29 is 38.8 Å². The summed E-state index contributed by atoms with van der Waals surface area (Å²) in [5.74, 6) is -0.224. The molecular formula is C31H44O8. The highest BCUT2D eigenvalue weighted by molar-refractivity contribution is 6.01. The molecule has 0 bridgehead atoms. The maximum absolute atomic E-state index is 14.0. The van der Waals surface area contributed by atoms with E-state index in [0.717, 1.165) is 51.2 Å². The van der Waals surface area contributed by atoms with E-state index in [1.54, 1.807) is 12.2 Å². The van der Waals surface area contributed by atoms with Gasteiger partial charge in [-0.1, -0.05) is 44.8 Å². The summed E-state index contributed by atoms with van der Waals surface area (Å²) in [5.41, 5.74) is -1.16. The quantitative estimate of drug-likeness (QED) is 0.515. The molecule has 6 rings (SSSR count). The third kappa shape index (κ3) is 4.28. The Morgan fingerprint density at radius 2 is 1.85 bits per heavy atom. The molecule has 5 aliphatic carbocycles. The average Bonchev–Trinajstić information content (AvgIpc) is 3.42. The van der Waals surface area contributed by atoms with Gasteiger partial charge in [-0.2, -0.15) is 0 Å². The first-order chi connectivity index (χ1) is 18.6. The SMILES string of the molecule is CC(=O)OCC(=O)C12OC(C3CCCCC3)O[C@@H]1CC1C3CCC4=CC(=O)C=C[C@]4(C)C3[C@@H](O)C[C@@]12C.CO. The molecule has 9 atom stereocenters. The lowest BCUT2D eigenvalue weighted by molar-refractivity contribution is -0.210. The van der Waals surface area contributed by atoms with Gasteiger partial charge in [0, 0.05) is 36.7 Å². The smallest absolute Gasteiger partial charge is 0.303 e. The molecule has 2 N–H and O–H groups in total. The van der Waals surface area contributed by atoms with Crippen LogP contribution in [-0.2, 0) is 28.6 Å². The Hall–Kier alpha value is -1.87. The fourth-order valence-corrected chi connectivity index (χ4v) is 9.49. The second-order valence-corrected chi connectivity index (χ2v) is 12.9. The van der Waals surface area contributed by atoms with Gasteiger partial charge < -0.3 is 24.4 Å². The third-order valence-corrected chi connectivity index (χ3v) is 11.1. The molecule has 1 heterocycles. The van der Waals surface area contributed by atoms with Crippen LogP contribution in [0.3, 0.4) is 0 Å². The maximum Gasteiger partial charge on any atom is 0.303 e. The van der Waals surface area contributed by atoms with Crippen molar-refractivity contribution in [1.82, 2.24) is 0 Å². The topological polar surface area (TPSA) is 119 Å². The van der Waals surface area contributed by atoms with Gasteiger partial charge in [-0.05, 0) is 62.5 Å². The zero-order chi connectivity index (χ0) is 28.2. The summed E-state index contributed by atoms with van der Waals surface area (Å²) in [6.07, 6.45) is 12.2. The Labute approximate surface area is 231 Å². The van der Waals surface area contributed by atoms with Crippen LogP contribution in [0.25, 0.3) is 0 Å². The Morgan fingerprint density at radius 3 is 2.54 bits per heavy atom. The van der Waals surface area contributed by atoms with Crippen LogP contribution in [0.1, 0.15) is 78.6 Å². The first-order valence-corrected chi connectivity index (χ1v) is 14.7. The highest BCUT2D eigenvalue weighted by Gasteiger charge is 2.76. The number of esters is 1. The molecule has 216 valence electrons. The second-order valence-electron chi connectivity index (χ2n) is 12.9. The summed E-state index contributed by atoms with van der Waals surface area (Å²) < 4.78 is 18.7. The number of allylic oxidation sites excluding steroid dienone is 4. The molecule has 5 fully saturated rings. The molecule has 39 heavy (non-hydrogen) atoms. The van der Waals surface area contributed by atoms with Crippen LogP contribution < -0.4 is 0 Å². The number of aliphatic hydroxyl groups excluding tert-OH is 2. The number of ether oxygens (including phenoxy) is 3. The third-order valence-electron chi connectivity index (χ3n) is 11.1. The van der Waals surface area contributed by atoms with Gasteiger partial charge in [-0.25, -0.2) is 0 Å². The lowest BCUT2D eigenvalue weighted by Gasteiger charge is -2.59. The van der Waals surface area contributed by atoms with E-state index in [2.05, 4.69) is 13.8 Å². The molecule has 0 amide bonds. The molecule has 8 nitrogen and oxygen atoms in total. The number of hydrogen-bond acceptors (Lipinski definition) is 8. The Balaban J connectivity index is 0.00000151. The van der Waals surface area contributed by atoms with E-state index in [4.69, 9.17) is 19.3 Å². The molecule has 6 aliphatic rings. The molecule has 0 aromatic rings. The van der Waals surface area contributed by atoms with E-state index in [0.29, 0.717) is 12.8 Å². The number of fused-ring (bicyclic) bond motifs is 7. The fraction of sp³-hybridized carbons (Fsp3) is 0.774. The number of carbonyl (C=O) groups is 3. The largest absolute Gasteiger partial charge is 0.458 e. The van der Waals surface area contributed by atoms with E-state index < -0.39 is 35.5 Å². The lowest BCUT2D eigenvalue weighted by atomic mass is 9.46.